The van der Waals surface area contributed by atoms with E-state index in [2.05, 4.69) is 39.6 Å². The molecule has 0 aliphatic carbocycles. The van der Waals surface area contributed by atoms with Gasteiger partial charge in [-0.1, -0.05) is 0 Å². The van der Waals surface area contributed by atoms with Crippen molar-refractivity contribution in [1.82, 2.24) is 4.98 Å². The molecule has 0 fully saturated rings. The van der Waals surface area contributed by atoms with Crippen LogP contribution in [0.1, 0.15) is 45.2 Å². The first-order valence-corrected chi connectivity index (χ1v) is 6.62. The standard InChI is InChI=1S/C16H23NO/c1-9-11(3)15(17-13(9)5)7-8-16-12(4)10(2)14(6)18-16/h17H,7-8H2,1-6H3. The monoisotopic (exact) mass is 245 g/mol. The molecule has 2 heterocycles. The first-order valence-electron chi connectivity index (χ1n) is 6.62. The molecule has 0 spiro atoms. The first-order chi connectivity index (χ1) is 8.41. The lowest BCUT2D eigenvalue weighted by molar-refractivity contribution is 0.478. The van der Waals surface area contributed by atoms with Crippen LogP contribution >= 0.6 is 0 Å². The van der Waals surface area contributed by atoms with E-state index in [0.717, 1.165) is 24.4 Å². The van der Waals surface area contributed by atoms with Crippen LogP contribution in [0.5, 0.6) is 0 Å². The van der Waals surface area contributed by atoms with E-state index in [1.54, 1.807) is 0 Å². The highest BCUT2D eigenvalue weighted by Crippen LogP contribution is 2.23. The smallest absolute Gasteiger partial charge is 0.107 e. The van der Waals surface area contributed by atoms with Gasteiger partial charge >= 0.3 is 0 Å². The molecule has 18 heavy (non-hydrogen) atoms. The second kappa shape index (κ2) is 4.68. The predicted octanol–water partition coefficient (Wildman–Crippen LogP) is 4.24. The largest absolute Gasteiger partial charge is 0.466 e. The number of nitrogens with one attached hydrogen (secondary N) is 1. The summed E-state index contributed by atoms with van der Waals surface area (Å²) in [6.45, 7) is 12.8. The van der Waals surface area contributed by atoms with E-state index in [4.69, 9.17) is 4.42 Å². The van der Waals surface area contributed by atoms with Crippen molar-refractivity contribution in [3.05, 3.63) is 45.2 Å². The maximum absolute atomic E-state index is 5.83. The van der Waals surface area contributed by atoms with E-state index in [-0.39, 0.29) is 0 Å². The topological polar surface area (TPSA) is 28.9 Å². The van der Waals surface area contributed by atoms with Gasteiger partial charge < -0.3 is 9.40 Å². The zero-order chi connectivity index (χ0) is 13.4. The number of furan rings is 1. The minimum atomic E-state index is 0.973. The summed E-state index contributed by atoms with van der Waals surface area (Å²) in [5.41, 5.74) is 8.01. The molecule has 2 aromatic rings. The Kier molecular flexibility index (Phi) is 3.38. The molecule has 2 heteroatoms. The molecule has 0 radical (unpaired) electrons. The highest BCUT2D eigenvalue weighted by Gasteiger charge is 2.12. The number of hydrogen-bond acceptors (Lipinski definition) is 1. The van der Waals surface area contributed by atoms with Gasteiger partial charge in [0.25, 0.3) is 0 Å². The van der Waals surface area contributed by atoms with Crippen LogP contribution in [0.25, 0.3) is 0 Å². The van der Waals surface area contributed by atoms with Crippen molar-refractivity contribution in [2.45, 2.75) is 54.4 Å². The quantitative estimate of drug-likeness (QED) is 0.860. The minimum absolute atomic E-state index is 0.973. The van der Waals surface area contributed by atoms with E-state index in [1.807, 2.05) is 6.92 Å². The summed E-state index contributed by atoms with van der Waals surface area (Å²) in [6, 6.07) is 0. The summed E-state index contributed by atoms with van der Waals surface area (Å²) in [4.78, 5) is 3.48. The predicted molar refractivity (Wildman–Crippen MR) is 75.3 cm³/mol. The van der Waals surface area contributed by atoms with E-state index in [9.17, 15) is 0 Å². The van der Waals surface area contributed by atoms with Crippen LogP contribution < -0.4 is 0 Å². The Morgan fingerprint density at radius 2 is 1.44 bits per heavy atom. The molecular weight excluding hydrogens is 222 g/mol. The molecule has 0 aromatic carbocycles. The van der Waals surface area contributed by atoms with Crippen LogP contribution in [0.3, 0.4) is 0 Å². The van der Waals surface area contributed by atoms with Crippen molar-refractivity contribution in [1.29, 1.82) is 0 Å². The van der Waals surface area contributed by atoms with Gasteiger partial charge in [-0.05, 0) is 70.2 Å². The summed E-state index contributed by atoms with van der Waals surface area (Å²) in [5.74, 6) is 2.19. The molecule has 2 rings (SSSR count). The lowest BCUT2D eigenvalue weighted by Gasteiger charge is -2.00. The second-order valence-electron chi connectivity index (χ2n) is 5.31. The Morgan fingerprint density at radius 1 is 0.778 bits per heavy atom. The Balaban J connectivity index is 2.16. The summed E-state index contributed by atoms with van der Waals surface area (Å²) >= 11 is 0. The number of hydrogen-bond donors (Lipinski definition) is 1. The van der Waals surface area contributed by atoms with Crippen LogP contribution in [0, 0.1) is 41.5 Å². The van der Waals surface area contributed by atoms with Gasteiger partial charge in [0.2, 0.25) is 0 Å². The van der Waals surface area contributed by atoms with E-state index < -0.39 is 0 Å². The Bertz CT molecular complexity index is 520. The van der Waals surface area contributed by atoms with E-state index >= 15 is 0 Å². The molecule has 2 nitrogen and oxygen atoms in total. The van der Waals surface area contributed by atoms with Crippen molar-refractivity contribution in [2.75, 3.05) is 0 Å². The van der Waals surface area contributed by atoms with Crippen molar-refractivity contribution in [3.63, 3.8) is 0 Å². The molecule has 0 amide bonds. The summed E-state index contributed by atoms with van der Waals surface area (Å²) < 4.78 is 5.83. The maximum atomic E-state index is 5.83. The Labute approximate surface area is 109 Å². The van der Waals surface area contributed by atoms with Crippen LogP contribution in [0.4, 0.5) is 0 Å². The van der Waals surface area contributed by atoms with Crippen molar-refractivity contribution in [2.24, 2.45) is 0 Å². The lowest BCUT2D eigenvalue weighted by atomic mass is 10.1. The minimum Gasteiger partial charge on any atom is -0.466 e. The van der Waals surface area contributed by atoms with Gasteiger partial charge in [0.05, 0.1) is 0 Å². The fourth-order valence-corrected chi connectivity index (χ4v) is 2.46. The molecular formula is C16H23NO. The van der Waals surface area contributed by atoms with Gasteiger partial charge in [0.1, 0.15) is 11.5 Å². The summed E-state index contributed by atoms with van der Waals surface area (Å²) in [7, 11) is 0. The second-order valence-corrected chi connectivity index (χ2v) is 5.31. The molecule has 1 N–H and O–H groups in total. The molecule has 0 saturated carbocycles. The zero-order valence-corrected chi connectivity index (χ0v) is 12.3. The molecule has 2 aromatic heterocycles. The fraction of sp³-hybridized carbons (Fsp3) is 0.500. The normalized spacial score (nSPS) is 11.2. The highest BCUT2D eigenvalue weighted by atomic mass is 16.3. The molecule has 0 bridgehead atoms. The number of rotatable bonds is 3. The van der Waals surface area contributed by atoms with Gasteiger partial charge in [-0.25, -0.2) is 0 Å². The Hall–Kier alpha value is -1.44. The number of aromatic nitrogens is 1. The van der Waals surface area contributed by atoms with Gasteiger partial charge in [0, 0.05) is 17.8 Å². The van der Waals surface area contributed by atoms with Crippen LogP contribution in [0.2, 0.25) is 0 Å². The number of aromatic amines is 1. The average Bonchev–Trinajstić information content (AvgIpc) is 2.72. The number of H-pyrrole nitrogens is 1. The third-order valence-corrected chi connectivity index (χ3v) is 4.30. The lowest BCUT2D eigenvalue weighted by Crippen LogP contribution is -1.94. The van der Waals surface area contributed by atoms with Gasteiger partial charge in [0.15, 0.2) is 0 Å². The highest BCUT2D eigenvalue weighted by molar-refractivity contribution is 5.35. The molecule has 0 aliphatic rings. The van der Waals surface area contributed by atoms with Gasteiger partial charge in [-0.3, -0.25) is 0 Å². The molecule has 0 saturated heterocycles. The molecule has 0 atom stereocenters. The van der Waals surface area contributed by atoms with E-state index in [0.29, 0.717) is 0 Å². The molecule has 0 aliphatic heterocycles. The first kappa shape index (κ1) is 13.0. The van der Waals surface area contributed by atoms with Crippen LogP contribution in [-0.4, -0.2) is 4.98 Å². The SMILES string of the molecule is Cc1[nH]c(CCc2oc(C)c(C)c2C)c(C)c1C. The van der Waals surface area contributed by atoms with E-state index in [1.165, 1.54) is 33.6 Å². The summed E-state index contributed by atoms with van der Waals surface area (Å²) in [5, 5.41) is 0. The number of aryl methyl sites for hydroxylation is 4. The van der Waals surface area contributed by atoms with Crippen LogP contribution in [0.15, 0.2) is 4.42 Å². The van der Waals surface area contributed by atoms with Crippen molar-refractivity contribution in [3.8, 4) is 0 Å². The third kappa shape index (κ3) is 2.12. The fourth-order valence-electron chi connectivity index (χ4n) is 2.46. The van der Waals surface area contributed by atoms with Gasteiger partial charge in [-0.2, -0.15) is 0 Å². The summed E-state index contributed by atoms with van der Waals surface area (Å²) in [6.07, 6.45) is 1.99. The average molecular weight is 245 g/mol. The third-order valence-electron chi connectivity index (χ3n) is 4.30. The van der Waals surface area contributed by atoms with Gasteiger partial charge in [-0.15, -0.1) is 0 Å². The molecule has 0 unspecified atom stereocenters. The van der Waals surface area contributed by atoms with Crippen molar-refractivity contribution < 1.29 is 4.42 Å². The van der Waals surface area contributed by atoms with Crippen molar-refractivity contribution >= 4 is 0 Å². The van der Waals surface area contributed by atoms with Crippen LogP contribution in [-0.2, 0) is 12.8 Å². The zero-order valence-electron chi connectivity index (χ0n) is 12.3. The molecule has 98 valence electrons. The Morgan fingerprint density at radius 3 is 1.89 bits per heavy atom. The maximum Gasteiger partial charge on any atom is 0.107 e.